The van der Waals surface area contributed by atoms with E-state index in [4.69, 9.17) is 9.26 Å². The van der Waals surface area contributed by atoms with Crippen molar-refractivity contribution in [2.45, 2.75) is 20.1 Å². The van der Waals surface area contributed by atoms with E-state index in [0.717, 1.165) is 16.7 Å². The molecular formula is C19H15FN2O3. The number of ether oxygens (including phenoxy) is 1. The smallest absolute Gasteiger partial charge is 0.274 e. The predicted octanol–water partition coefficient (Wildman–Crippen LogP) is 3.61. The van der Waals surface area contributed by atoms with E-state index in [1.54, 1.807) is 12.1 Å². The molecule has 0 spiro atoms. The number of benzene rings is 2. The Morgan fingerprint density at radius 1 is 1.24 bits per heavy atom. The van der Waals surface area contributed by atoms with Crippen molar-refractivity contribution < 1.29 is 18.4 Å². The van der Waals surface area contributed by atoms with Crippen LogP contribution < -0.4 is 10.1 Å². The fraction of sp³-hybridized carbons (Fsp3) is 0.158. The Morgan fingerprint density at radius 2 is 2.04 bits per heavy atom. The number of aromatic nitrogens is 1. The Bertz CT molecular complexity index is 948. The molecule has 126 valence electrons. The number of hydrogen-bond donors (Lipinski definition) is 1. The molecule has 0 saturated heterocycles. The van der Waals surface area contributed by atoms with Crippen LogP contribution in [0.4, 0.5) is 4.39 Å². The van der Waals surface area contributed by atoms with E-state index in [2.05, 4.69) is 10.5 Å². The minimum absolute atomic E-state index is 0.212. The summed E-state index contributed by atoms with van der Waals surface area (Å²) in [5, 5.41) is 6.69. The maximum absolute atomic E-state index is 12.9. The first-order chi connectivity index (χ1) is 12.1. The highest BCUT2D eigenvalue weighted by atomic mass is 19.1. The van der Waals surface area contributed by atoms with Crippen LogP contribution in [-0.2, 0) is 13.2 Å². The Labute approximate surface area is 143 Å². The molecule has 1 aliphatic heterocycles. The normalized spacial score (nSPS) is 12.1. The van der Waals surface area contributed by atoms with E-state index in [0.29, 0.717) is 17.1 Å². The van der Waals surface area contributed by atoms with Gasteiger partial charge in [0.2, 0.25) is 0 Å². The van der Waals surface area contributed by atoms with Crippen LogP contribution >= 0.6 is 0 Å². The topological polar surface area (TPSA) is 64.4 Å². The van der Waals surface area contributed by atoms with Crippen molar-refractivity contribution in [1.29, 1.82) is 0 Å². The maximum atomic E-state index is 12.9. The van der Waals surface area contributed by atoms with Gasteiger partial charge < -0.3 is 14.6 Å². The second-order valence-corrected chi connectivity index (χ2v) is 5.94. The van der Waals surface area contributed by atoms with Gasteiger partial charge in [0.15, 0.2) is 11.5 Å². The molecule has 1 aliphatic rings. The number of halogens is 1. The SMILES string of the molecule is Cc1ccc2c(c1)-c1onc(C(=O)NCc3ccc(F)cc3)c1CO2. The Hall–Kier alpha value is -3.15. The average Bonchev–Trinajstić information content (AvgIpc) is 3.05. The monoisotopic (exact) mass is 338 g/mol. The zero-order valence-electron chi connectivity index (χ0n) is 13.5. The predicted molar refractivity (Wildman–Crippen MR) is 88.6 cm³/mol. The van der Waals surface area contributed by atoms with Crippen molar-refractivity contribution in [2.24, 2.45) is 0 Å². The molecular weight excluding hydrogens is 323 g/mol. The number of hydrogen-bond acceptors (Lipinski definition) is 4. The van der Waals surface area contributed by atoms with Crippen molar-refractivity contribution in [3.63, 3.8) is 0 Å². The number of fused-ring (bicyclic) bond motifs is 3. The van der Waals surface area contributed by atoms with Crippen molar-refractivity contribution in [3.8, 4) is 17.1 Å². The molecule has 2 aromatic carbocycles. The summed E-state index contributed by atoms with van der Waals surface area (Å²) in [6, 6.07) is 11.7. The van der Waals surface area contributed by atoms with Crippen LogP contribution in [0.5, 0.6) is 5.75 Å². The summed E-state index contributed by atoms with van der Waals surface area (Å²) in [5.41, 5.74) is 3.50. The van der Waals surface area contributed by atoms with E-state index < -0.39 is 0 Å². The van der Waals surface area contributed by atoms with Gasteiger partial charge in [0, 0.05) is 6.54 Å². The summed E-state index contributed by atoms with van der Waals surface area (Å²) in [6.45, 7) is 2.48. The van der Waals surface area contributed by atoms with E-state index in [1.807, 2.05) is 25.1 Å². The van der Waals surface area contributed by atoms with Crippen molar-refractivity contribution in [1.82, 2.24) is 10.5 Å². The molecule has 5 nitrogen and oxygen atoms in total. The van der Waals surface area contributed by atoms with Crippen molar-refractivity contribution in [3.05, 3.63) is 70.7 Å². The minimum Gasteiger partial charge on any atom is -0.488 e. The van der Waals surface area contributed by atoms with Gasteiger partial charge >= 0.3 is 0 Å². The average molecular weight is 338 g/mol. The van der Waals surface area contributed by atoms with Gasteiger partial charge in [-0.2, -0.15) is 0 Å². The van der Waals surface area contributed by atoms with Gasteiger partial charge in [-0.05, 0) is 36.8 Å². The highest BCUT2D eigenvalue weighted by molar-refractivity contribution is 5.95. The third kappa shape index (κ3) is 2.87. The molecule has 0 unspecified atom stereocenters. The Balaban J connectivity index is 1.56. The zero-order chi connectivity index (χ0) is 17.4. The molecule has 1 N–H and O–H groups in total. The van der Waals surface area contributed by atoms with Gasteiger partial charge in [0.05, 0.1) is 11.1 Å². The van der Waals surface area contributed by atoms with Gasteiger partial charge in [-0.15, -0.1) is 0 Å². The quantitative estimate of drug-likeness (QED) is 0.792. The van der Waals surface area contributed by atoms with Gasteiger partial charge in [-0.1, -0.05) is 28.9 Å². The second-order valence-electron chi connectivity index (χ2n) is 5.94. The summed E-state index contributed by atoms with van der Waals surface area (Å²) < 4.78 is 24.0. The summed E-state index contributed by atoms with van der Waals surface area (Å²) >= 11 is 0. The standard InChI is InChI=1S/C19H15FN2O3/c1-11-2-7-16-14(8-11)18-15(10-24-16)17(22-25-18)19(23)21-9-12-3-5-13(20)6-4-12/h2-8H,9-10H2,1H3,(H,21,23). The number of amides is 1. The molecule has 3 aromatic rings. The fourth-order valence-electron chi connectivity index (χ4n) is 2.80. The molecule has 0 atom stereocenters. The molecule has 25 heavy (non-hydrogen) atoms. The largest absolute Gasteiger partial charge is 0.488 e. The number of nitrogens with zero attached hydrogens (tertiary/aromatic N) is 1. The molecule has 2 heterocycles. The highest BCUT2D eigenvalue weighted by Gasteiger charge is 2.28. The molecule has 0 saturated carbocycles. The van der Waals surface area contributed by atoms with Gasteiger partial charge in [0.1, 0.15) is 18.2 Å². The number of carbonyl (C=O) groups excluding carboxylic acids is 1. The first kappa shape index (κ1) is 15.4. The number of rotatable bonds is 3. The minimum atomic E-state index is -0.353. The van der Waals surface area contributed by atoms with Crippen molar-refractivity contribution in [2.75, 3.05) is 0 Å². The molecule has 6 heteroatoms. The summed E-state index contributed by atoms with van der Waals surface area (Å²) in [7, 11) is 0. The molecule has 1 aromatic heterocycles. The molecule has 0 fully saturated rings. The first-order valence-corrected chi connectivity index (χ1v) is 7.87. The lowest BCUT2D eigenvalue weighted by atomic mass is 10.0. The number of nitrogens with one attached hydrogen (secondary N) is 1. The zero-order valence-corrected chi connectivity index (χ0v) is 13.5. The third-order valence-electron chi connectivity index (χ3n) is 4.12. The van der Waals surface area contributed by atoms with Crippen LogP contribution in [-0.4, -0.2) is 11.1 Å². The summed E-state index contributed by atoms with van der Waals surface area (Å²) in [4.78, 5) is 12.4. The van der Waals surface area contributed by atoms with Crippen LogP contribution in [0.3, 0.4) is 0 Å². The second kappa shape index (κ2) is 6.05. The lowest BCUT2D eigenvalue weighted by molar-refractivity contribution is 0.0940. The van der Waals surface area contributed by atoms with Crippen LogP contribution in [0.1, 0.15) is 27.2 Å². The number of carbonyl (C=O) groups is 1. The summed E-state index contributed by atoms with van der Waals surface area (Å²) in [5.74, 6) is 0.616. The van der Waals surface area contributed by atoms with Gasteiger partial charge in [-0.3, -0.25) is 4.79 Å². The van der Waals surface area contributed by atoms with Gasteiger partial charge in [0.25, 0.3) is 5.91 Å². The molecule has 1 amide bonds. The number of aryl methyl sites for hydroxylation is 1. The molecule has 0 radical (unpaired) electrons. The fourth-order valence-corrected chi connectivity index (χ4v) is 2.80. The molecule has 0 bridgehead atoms. The Kier molecular flexibility index (Phi) is 3.72. The van der Waals surface area contributed by atoms with Gasteiger partial charge in [-0.25, -0.2) is 4.39 Å². The first-order valence-electron chi connectivity index (χ1n) is 7.87. The third-order valence-corrected chi connectivity index (χ3v) is 4.12. The maximum Gasteiger partial charge on any atom is 0.274 e. The lowest BCUT2D eigenvalue weighted by Gasteiger charge is -2.16. The van der Waals surface area contributed by atoms with Crippen molar-refractivity contribution >= 4 is 5.91 Å². The molecule has 0 aliphatic carbocycles. The van der Waals surface area contributed by atoms with E-state index in [-0.39, 0.29) is 30.6 Å². The Morgan fingerprint density at radius 3 is 2.84 bits per heavy atom. The van der Waals surface area contributed by atoms with E-state index in [1.165, 1.54) is 12.1 Å². The van der Waals surface area contributed by atoms with Crippen LogP contribution in [0.2, 0.25) is 0 Å². The molecule has 4 rings (SSSR count). The van der Waals surface area contributed by atoms with Crippen LogP contribution in [0, 0.1) is 12.7 Å². The summed E-state index contributed by atoms with van der Waals surface area (Å²) in [6.07, 6.45) is 0. The van der Waals surface area contributed by atoms with E-state index in [9.17, 15) is 9.18 Å². The lowest BCUT2D eigenvalue weighted by Crippen LogP contribution is -2.24. The highest BCUT2D eigenvalue weighted by Crippen LogP contribution is 2.39. The van der Waals surface area contributed by atoms with E-state index >= 15 is 0 Å². The van der Waals surface area contributed by atoms with Crippen LogP contribution in [0.15, 0.2) is 47.0 Å². The van der Waals surface area contributed by atoms with Crippen LogP contribution in [0.25, 0.3) is 11.3 Å².